The number of aromatic nitrogens is 3. The largest absolute Gasteiger partial charge is 0.327 e. The number of nitrogens with zero attached hydrogens (tertiary/aromatic N) is 3. The van der Waals surface area contributed by atoms with Gasteiger partial charge in [0.1, 0.15) is 12.2 Å². The van der Waals surface area contributed by atoms with Gasteiger partial charge in [0.2, 0.25) is 0 Å². The summed E-state index contributed by atoms with van der Waals surface area (Å²) in [6.45, 7) is 5.25. The van der Waals surface area contributed by atoms with E-state index in [-0.39, 0.29) is 6.04 Å². The molecule has 1 aromatic heterocycles. The van der Waals surface area contributed by atoms with Crippen molar-refractivity contribution in [1.29, 1.82) is 0 Å². The monoisotopic (exact) mass is 258 g/mol. The molecule has 0 spiro atoms. The Morgan fingerprint density at radius 2 is 1.89 bits per heavy atom. The lowest BCUT2D eigenvalue weighted by atomic mass is 10.0. The van der Waals surface area contributed by atoms with Gasteiger partial charge in [0, 0.05) is 19.0 Å². The summed E-state index contributed by atoms with van der Waals surface area (Å²) < 4.78 is 1.97. The highest BCUT2D eigenvalue weighted by atomic mass is 15.3. The molecule has 0 saturated carbocycles. The zero-order chi connectivity index (χ0) is 13.7. The molecule has 102 valence electrons. The van der Waals surface area contributed by atoms with E-state index in [0.29, 0.717) is 5.92 Å². The van der Waals surface area contributed by atoms with Crippen molar-refractivity contribution in [1.82, 2.24) is 14.8 Å². The van der Waals surface area contributed by atoms with Gasteiger partial charge in [0.25, 0.3) is 0 Å². The minimum Gasteiger partial charge on any atom is -0.327 e. The van der Waals surface area contributed by atoms with Gasteiger partial charge >= 0.3 is 0 Å². The lowest BCUT2D eigenvalue weighted by Crippen LogP contribution is -2.27. The molecule has 1 heterocycles. The molecular formula is C15H22N4. The first-order valence-electron chi connectivity index (χ1n) is 6.81. The highest BCUT2D eigenvalue weighted by Crippen LogP contribution is 2.07. The van der Waals surface area contributed by atoms with Gasteiger partial charge in [-0.1, -0.05) is 44.2 Å². The molecule has 19 heavy (non-hydrogen) atoms. The molecule has 0 bridgehead atoms. The Labute approximate surface area is 114 Å². The Hall–Kier alpha value is -1.68. The maximum Gasteiger partial charge on any atom is 0.138 e. The molecule has 4 heteroatoms. The van der Waals surface area contributed by atoms with Gasteiger partial charge in [-0.25, -0.2) is 9.67 Å². The SMILES string of the molecule is CC(C)Cn1ncnc1CC(N)Cc1ccccc1. The number of rotatable bonds is 6. The molecule has 0 saturated heterocycles. The van der Waals surface area contributed by atoms with Crippen LogP contribution in [0, 0.1) is 5.92 Å². The van der Waals surface area contributed by atoms with E-state index < -0.39 is 0 Å². The average Bonchev–Trinajstić information content (AvgIpc) is 2.77. The number of hydrogen-bond donors (Lipinski definition) is 1. The van der Waals surface area contributed by atoms with Crippen LogP contribution in [0.2, 0.25) is 0 Å². The van der Waals surface area contributed by atoms with Crippen molar-refractivity contribution in [2.45, 2.75) is 39.3 Å². The average molecular weight is 258 g/mol. The topological polar surface area (TPSA) is 56.7 Å². The van der Waals surface area contributed by atoms with E-state index in [1.807, 2.05) is 22.9 Å². The van der Waals surface area contributed by atoms with Crippen molar-refractivity contribution < 1.29 is 0 Å². The summed E-state index contributed by atoms with van der Waals surface area (Å²) in [7, 11) is 0. The summed E-state index contributed by atoms with van der Waals surface area (Å²) in [4.78, 5) is 4.32. The third-order valence-corrected chi connectivity index (χ3v) is 3.02. The first kappa shape index (κ1) is 13.7. The quantitative estimate of drug-likeness (QED) is 0.862. The smallest absolute Gasteiger partial charge is 0.138 e. The van der Waals surface area contributed by atoms with Crippen LogP contribution in [0.1, 0.15) is 25.2 Å². The molecule has 2 rings (SSSR count). The molecule has 2 aromatic rings. The van der Waals surface area contributed by atoms with Crippen LogP contribution in [0.25, 0.3) is 0 Å². The molecule has 1 aromatic carbocycles. The summed E-state index contributed by atoms with van der Waals surface area (Å²) in [6.07, 6.45) is 3.25. The fourth-order valence-electron chi connectivity index (χ4n) is 2.17. The van der Waals surface area contributed by atoms with Gasteiger partial charge in [-0.05, 0) is 17.9 Å². The maximum atomic E-state index is 6.22. The lowest BCUT2D eigenvalue weighted by Gasteiger charge is -2.13. The van der Waals surface area contributed by atoms with E-state index in [9.17, 15) is 0 Å². The molecule has 4 nitrogen and oxygen atoms in total. The zero-order valence-corrected chi connectivity index (χ0v) is 11.7. The van der Waals surface area contributed by atoms with Crippen molar-refractivity contribution in [3.63, 3.8) is 0 Å². The highest BCUT2D eigenvalue weighted by Gasteiger charge is 2.11. The van der Waals surface area contributed by atoms with Gasteiger partial charge in [-0.2, -0.15) is 5.10 Å². The van der Waals surface area contributed by atoms with Gasteiger partial charge in [0.05, 0.1) is 0 Å². The Kier molecular flexibility index (Phi) is 4.68. The van der Waals surface area contributed by atoms with Crippen LogP contribution in [0.3, 0.4) is 0 Å². The van der Waals surface area contributed by atoms with Crippen molar-refractivity contribution in [3.05, 3.63) is 48.0 Å². The van der Waals surface area contributed by atoms with E-state index in [1.54, 1.807) is 6.33 Å². The Bertz CT molecular complexity index is 490. The predicted molar refractivity (Wildman–Crippen MR) is 76.7 cm³/mol. The van der Waals surface area contributed by atoms with E-state index in [0.717, 1.165) is 25.2 Å². The van der Waals surface area contributed by atoms with E-state index >= 15 is 0 Å². The second kappa shape index (κ2) is 6.48. The molecule has 0 aliphatic heterocycles. The van der Waals surface area contributed by atoms with Crippen molar-refractivity contribution in [2.24, 2.45) is 11.7 Å². The minimum atomic E-state index is 0.0810. The summed E-state index contributed by atoms with van der Waals surface area (Å²) in [5, 5.41) is 4.27. The minimum absolute atomic E-state index is 0.0810. The number of benzene rings is 1. The Morgan fingerprint density at radius 3 is 2.58 bits per heavy atom. The lowest BCUT2D eigenvalue weighted by molar-refractivity contribution is 0.457. The first-order chi connectivity index (χ1) is 9.15. The van der Waals surface area contributed by atoms with E-state index in [4.69, 9.17) is 5.73 Å². The van der Waals surface area contributed by atoms with Gasteiger partial charge in [-0.3, -0.25) is 0 Å². The van der Waals surface area contributed by atoms with E-state index in [1.165, 1.54) is 5.56 Å². The molecule has 1 atom stereocenters. The molecular weight excluding hydrogens is 236 g/mol. The number of nitrogens with two attached hydrogens (primary N) is 1. The predicted octanol–water partition coefficient (Wildman–Crippen LogP) is 2.05. The molecule has 1 unspecified atom stereocenters. The van der Waals surface area contributed by atoms with Crippen molar-refractivity contribution in [2.75, 3.05) is 0 Å². The summed E-state index contributed by atoms with van der Waals surface area (Å²) in [5.74, 6) is 1.54. The summed E-state index contributed by atoms with van der Waals surface area (Å²) in [6, 6.07) is 10.4. The van der Waals surface area contributed by atoms with Crippen LogP contribution in [0.15, 0.2) is 36.7 Å². The normalized spacial score (nSPS) is 12.8. The van der Waals surface area contributed by atoms with Crippen LogP contribution >= 0.6 is 0 Å². The maximum absolute atomic E-state index is 6.22. The molecule has 0 aliphatic rings. The Morgan fingerprint density at radius 1 is 1.16 bits per heavy atom. The molecule has 0 amide bonds. The third kappa shape index (κ3) is 4.17. The third-order valence-electron chi connectivity index (χ3n) is 3.02. The van der Waals surface area contributed by atoms with Crippen molar-refractivity contribution >= 4 is 0 Å². The van der Waals surface area contributed by atoms with Gasteiger partial charge in [0.15, 0.2) is 0 Å². The second-order valence-electron chi connectivity index (χ2n) is 5.41. The molecule has 0 fully saturated rings. The zero-order valence-electron chi connectivity index (χ0n) is 11.7. The fraction of sp³-hybridized carbons (Fsp3) is 0.467. The molecule has 0 radical (unpaired) electrons. The van der Waals surface area contributed by atoms with Crippen LogP contribution < -0.4 is 5.73 Å². The summed E-state index contributed by atoms with van der Waals surface area (Å²) in [5.41, 5.74) is 7.48. The van der Waals surface area contributed by atoms with Crippen LogP contribution in [-0.4, -0.2) is 20.8 Å². The Balaban J connectivity index is 1.95. The van der Waals surface area contributed by atoms with Crippen LogP contribution in [0.4, 0.5) is 0 Å². The highest BCUT2D eigenvalue weighted by molar-refractivity contribution is 5.16. The van der Waals surface area contributed by atoms with Gasteiger partial charge < -0.3 is 5.73 Å². The van der Waals surface area contributed by atoms with Crippen LogP contribution in [0.5, 0.6) is 0 Å². The summed E-state index contributed by atoms with van der Waals surface area (Å²) >= 11 is 0. The second-order valence-corrected chi connectivity index (χ2v) is 5.41. The van der Waals surface area contributed by atoms with Crippen molar-refractivity contribution in [3.8, 4) is 0 Å². The standard InChI is InChI=1S/C15H22N4/c1-12(2)10-19-15(17-11-18-19)9-14(16)8-13-6-4-3-5-7-13/h3-7,11-12,14H,8-10,16H2,1-2H3. The first-order valence-corrected chi connectivity index (χ1v) is 6.81. The van der Waals surface area contributed by atoms with E-state index in [2.05, 4.69) is 36.1 Å². The number of hydrogen-bond acceptors (Lipinski definition) is 3. The van der Waals surface area contributed by atoms with Gasteiger partial charge in [-0.15, -0.1) is 0 Å². The fourth-order valence-corrected chi connectivity index (χ4v) is 2.17. The molecule has 2 N–H and O–H groups in total. The molecule has 0 aliphatic carbocycles. The van der Waals surface area contributed by atoms with Crippen LogP contribution in [-0.2, 0) is 19.4 Å².